The predicted molar refractivity (Wildman–Crippen MR) is 193 cm³/mol. The highest BCUT2D eigenvalue weighted by Crippen LogP contribution is 2.30. The Hall–Kier alpha value is -4.10. The Labute approximate surface area is 288 Å². The van der Waals surface area contributed by atoms with Crippen molar-refractivity contribution in [2.75, 3.05) is 0 Å². The number of furan rings is 1. The van der Waals surface area contributed by atoms with E-state index >= 15 is 0 Å². The number of carbonyl (C=O) groups excluding carboxylic acids is 1. The van der Waals surface area contributed by atoms with Gasteiger partial charge in [0.2, 0.25) is 0 Å². The monoisotopic (exact) mass is 821 g/mol. The van der Waals surface area contributed by atoms with E-state index in [0.717, 1.165) is 29.7 Å². The van der Waals surface area contributed by atoms with Gasteiger partial charge in [-0.2, -0.15) is 5.10 Å². The van der Waals surface area contributed by atoms with Crippen molar-refractivity contribution in [3.8, 4) is 17.2 Å². The van der Waals surface area contributed by atoms with Gasteiger partial charge in [0.25, 0.3) is 0 Å². The summed E-state index contributed by atoms with van der Waals surface area (Å²) < 4.78 is 21.9. The van der Waals surface area contributed by atoms with Gasteiger partial charge in [0.05, 0.1) is 13.4 Å². The topological polar surface area (TPSA) is 78.0 Å². The zero-order valence-corrected chi connectivity index (χ0v) is 28.9. The Kier molecular flexibility index (Phi) is 9.55. The third kappa shape index (κ3) is 7.25. The number of fused-ring (bicyclic) bond motifs is 1. The molecule has 2 heterocycles. The Morgan fingerprint density at radius 3 is 2.31 bits per heavy atom. The summed E-state index contributed by atoms with van der Waals surface area (Å²) in [6.07, 6.45) is 1.60. The maximum Gasteiger partial charge on any atom is 0.307 e. The molecule has 0 aliphatic heterocycles. The Balaban J connectivity index is 1.02. The van der Waals surface area contributed by atoms with Gasteiger partial charge >= 0.3 is 5.91 Å². The minimum Gasteiger partial charge on any atom is -0.487 e. The summed E-state index contributed by atoms with van der Waals surface area (Å²) in [6, 6.07) is 33.9. The molecule has 226 valence electrons. The number of hydrogen-bond donors (Lipinski definition) is 1. The van der Waals surface area contributed by atoms with Crippen LogP contribution in [0.1, 0.15) is 38.8 Å². The third-order valence-corrected chi connectivity index (χ3v) is 8.89. The first-order chi connectivity index (χ1) is 21.9. The van der Waals surface area contributed by atoms with Gasteiger partial charge in [-0.05, 0) is 142 Å². The van der Waals surface area contributed by atoms with Crippen molar-refractivity contribution in [3.63, 3.8) is 0 Å². The Bertz CT molecular complexity index is 1960. The molecule has 7 nitrogen and oxygen atoms in total. The third-order valence-electron chi connectivity index (χ3n) is 7.28. The van der Waals surface area contributed by atoms with Crippen LogP contribution in [-0.4, -0.2) is 16.7 Å². The molecule has 4 aromatic carbocycles. The number of carbonyl (C=O) groups is 1. The zero-order chi connectivity index (χ0) is 31.3. The molecule has 6 rings (SSSR count). The summed E-state index contributed by atoms with van der Waals surface area (Å²) in [5, 5.41) is 6.51. The standard InChI is InChI=1S/C36H29I2N3O4/c1-23-10-11-24(2)41(23)28-12-14-29(15-13-28)43-22-30-16-17-34(45-30)36(42)40-39-20-25-18-32(37)35(33(38)19-25)44-21-27-8-5-7-26-6-3-4-9-31(26)27/h3-20H,21-22H2,1-2H3,(H,40,42)/b39-20+. The predicted octanol–water partition coefficient (Wildman–Crippen LogP) is 8.97. The van der Waals surface area contributed by atoms with Crippen LogP contribution in [0.15, 0.2) is 113 Å². The summed E-state index contributed by atoms with van der Waals surface area (Å²) >= 11 is 4.52. The first-order valence-corrected chi connectivity index (χ1v) is 16.4. The highest BCUT2D eigenvalue weighted by atomic mass is 127. The highest BCUT2D eigenvalue weighted by Gasteiger charge is 2.13. The molecule has 0 radical (unpaired) electrons. The molecule has 0 fully saturated rings. The Morgan fingerprint density at radius 1 is 0.844 bits per heavy atom. The minimum atomic E-state index is -0.446. The number of benzene rings is 4. The molecule has 0 saturated carbocycles. The van der Waals surface area contributed by atoms with E-state index in [1.807, 2.05) is 48.5 Å². The van der Waals surface area contributed by atoms with Gasteiger partial charge in [0.15, 0.2) is 5.76 Å². The molecule has 0 unspecified atom stereocenters. The number of nitrogens with zero attached hydrogens (tertiary/aromatic N) is 2. The molecular weight excluding hydrogens is 792 g/mol. The molecule has 45 heavy (non-hydrogen) atoms. The van der Waals surface area contributed by atoms with Gasteiger partial charge < -0.3 is 18.5 Å². The number of aromatic nitrogens is 1. The van der Waals surface area contributed by atoms with E-state index in [9.17, 15) is 4.79 Å². The van der Waals surface area contributed by atoms with E-state index in [-0.39, 0.29) is 12.4 Å². The van der Waals surface area contributed by atoms with Gasteiger partial charge in [-0.15, -0.1) is 0 Å². The first-order valence-electron chi connectivity index (χ1n) is 14.2. The maximum atomic E-state index is 12.6. The number of hydrogen-bond acceptors (Lipinski definition) is 5. The second-order valence-corrected chi connectivity index (χ2v) is 12.8. The van der Waals surface area contributed by atoms with Crippen molar-refractivity contribution in [2.45, 2.75) is 27.1 Å². The quantitative estimate of drug-likeness (QED) is 0.0851. The lowest BCUT2D eigenvalue weighted by Gasteiger charge is -2.13. The van der Waals surface area contributed by atoms with Crippen LogP contribution in [0.2, 0.25) is 0 Å². The Morgan fingerprint density at radius 2 is 1.56 bits per heavy atom. The smallest absolute Gasteiger partial charge is 0.307 e. The molecular formula is C36H29I2N3O4. The number of halogens is 2. The first kappa shape index (κ1) is 30.9. The van der Waals surface area contributed by atoms with E-state index in [4.69, 9.17) is 13.9 Å². The lowest BCUT2D eigenvalue weighted by molar-refractivity contribution is 0.0923. The van der Waals surface area contributed by atoms with E-state index < -0.39 is 5.91 Å². The van der Waals surface area contributed by atoms with E-state index in [1.54, 1.807) is 18.3 Å². The van der Waals surface area contributed by atoms with Crippen LogP contribution in [0.5, 0.6) is 11.5 Å². The molecule has 1 amide bonds. The number of hydrazone groups is 1. The molecule has 2 aromatic heterocycles. The molecule has 0 aliphatic carbocycles. The molecule has 0 aliphatic rings. The molecule has 9 heteroatoms. The van der Waals surface area contributed by atoms with E-state index in [0.29, 0.717) is 18.1 Å². The lowest BCUT2D eigenvalue weighted by atomic mass is 10.1. The van der Waals surface area contributed by atoms with Crippen LogP contribution >= 0.6 is 45.2 Å². The molecule has 1 N–H and O–H groups in total. The van der Waals surface area contributed by atoms with Crippen LogP contribution in [0, 0.1) is 21.0 Å². The summed E-state index contributed by atoms with van der Waals surface area (Å²) in [5.41, 5.74) is 7.93. The number of nitrogens with one attached hydrogen (secondary N) is 1. The summed E-state index contributed by atoms with van der Waals surface area (Å²) in [5.74, 6) is 1.77. The van der Waals surface area contributed by atoms with Gasteiger partial charge in [-0.1, -0.05) is 42.5 Å². The van der Waals surface area contributed by atoms with Crippen molar-refractivity contribution >= 4 is 68.1 Å². The normalized spacial score (nSPS) is 11.3. The molecule has 0 atom stereocenters. The fourth-order valence-corrected chi connectivity index (χ4v) is 7.21. The van der Waals surface area contributed by atoms with Gasteiger partial charge in [0, 0.05) is 17.1 Å². The van der Waals surface area contributed by atoms with E-state index in [1.165, 1.54) is 22.2 Å². The van der Waals surface area contributed by atoms with Crippen LogP contribution < -0.4 is 14.9 Å². The van der Waals surface area contributed by atoms with Crippen LogP contribution in [0.25, 0.3) is 16.5 Å². The largest absolute Gasteiger partial charge is 0.487 e. The van der Waals surface area contributed by atoms with Crippen molar-refractivity contribution < 1.29 is 18.7 Å². The summed E-state index contributed by atoms with van der Waals surface area (Å²) in [7, 11) is 0. The van der Waals surface area contributed by atoms with Crippen molar-refractivity contribution in [2.24, 2.45) is 5.10 Å². The number of rotatable bonds is 10. The van der Waals surface area contributed by atoms with Crippen molar-refractivity contribution in [1.29, 1.82) is 0 Å². The second kappa shape index (κ2) is 13.9. The van der Waals surface area contributed by atoms with E-state index in [2.05, 4.69) is 117 Å². The van der Waals surface area contributed by atoms with Crippen LogP contribution in [-0.2, 0) is 13.2 Å². The summed E-state index contributed by atoms with van der Waals surface area (Å²) in [4.78, 5) is 12.6. The maximum absolute atomic E-state index is 12.6. The van der Waals surface area contributed by atoms with Crippen LogP contribution in [0.4, 0.5) is 0 Å². The molecule has 0 spiro atoms. The number of ether oxygens (including phenoxy) is 2. The SMILES string of the molecule is Cc1ccc(C)n1-c1ccc(OCc2ccc(C(=O)N/N=C/c3cc(I)c(OCc4cccc5ccccc45)c(I)c3)o2)cc1. The van der Waals surface area contributed by atoms with Gasteiger partial charge in [0.1, 0.15) is 30.5 Å². The fraction of sp³-hybridized carbons (Fsp3) is 0.111. The average Bonchev–Trinajstić information content (AvgIpc) is 3.66. The molecule has 0 bridgehead atoms. The highest BCUT2D eigenvalue weighted by molar-refractivity contribution is 14.1. The molecule has 6 aromatic rings. The van der Waals surface area contributed by atoms with Crippen molar-refractivity contribution in [1.82, 2.24) is 9.99 Å². The summed E-state index contributed by atoms with van der Waals surface area (Å²) in [6.45, 7) is 4.82. The molecule has 0 saturated heterocycles. The van der Waals surface area contributed by atoms with Crippen LogP contribution in [0.3, 0.4) is 0 Å². The second-order valence-electron chi connectivity index (χ2n) is 10.4. The average molecular weight is 821 g/mol. The van der Waals surface area contributed by atoms with Crippen molar-refractivity contribution in [3.05, 3.63) is 144 Å². The number of amides is 1. The van der Waals surface area contributed by atoms with Gasteiger partial charge in [-0.25, -0.2) is 5.43 Å². The van der Waals surface area contributed by atoms with Gasteiger partial charge in [-0.3, -0.25) is 4.79 Å². The minimum absolute atomic E-state index is 0.154. The lowest BCUT2D eigenvalue weighted by Crippen LogP contribution is -2.16. The fourth-order valence-electron chi connectivity index (χ4n) is 5.08. The zero-order valence-electron chi connectivity index (χ0n) is 24.6. The number of aryl methyl sites for hydroxylation is 2.